The van der Waals surface area contributed by atoms with E-state index in [-0.39, 0.29) is 10.3 Å². The average molecular weight is 300 g/mol. The lowest BCUT2D eigenvalue weighted by Gasteiger charge is -2.25. The molecule has 5 nitrogen and oxygen atoms in total. The van der Waals surface area contributed by atoms with Crippen molar-refractivity contribution in [1.82, 2.24) is 4.72 Å². The lowest BCUT2D eigenvalue weighted by atomic mass is 9.89. The first kappa shape index (κ1) is 16.9. The third-order valence-corrected chi connectivity index (χ3v) is 4.66. The fourth-order valence-electron chi connectivity index (χ4n) is 1.76. The average Bonchev–Trinajstić information content (AvgIpc) is 2.43. The Balaban J connectivity index is 2.84. The molecule has 0 saturated carbocycles. The van der Waals surface area contributed by atoms with Crippen LogP contribution < -0.4 is 10.0 Å². The molecule has 0 aliphatic rings. The van der Waals surface area contributed by atoms with E-state index in [2.05, 4.69) is 23.9 Å². The van der Waals surface area contributed by atoms with Crippen LogP contribution in [0.25, 0.3) is 0 Å². The topological polar surface area (TPSA) is 67.4 Å². The number of benzene rings is 1. The van der Waals surface area contributed by atoms with Gasteiger partial charge in [-0.15, -0.1) is 0 Å². The molecule has 0 atom stereocenters. The Hall–Kier alpha value is -1.11. The van der Waals surface area contributed by atoms with Crippen LogP contribution in [0.3, 0.4) is 0 Å². The predicted octanol–water partition coefficient (Wildman–Crippen LogP) is 2.07. The number of rotatable bonds is 8. The van der Waals surface area contributed by atoms with Crippen molar-refractivity contribution in [3.05, 3.63) is 24.3 Å². The van der Waals surface area contributed by atoms with E-state index in [4.69, 9.17) is 4.74 Å². The number of nitrogens with one attached hydrogen (secondary N) is 2. The molecule has 0 aliphatic heterocycles. The number of anilines is 1. The van der Waals surface area contributed by atoms with Crippen LogP contribution in [0.2, 0.25) is 0 Å². The van der Waals surface area contributed by atoms with E-state index in [9.17, 15) is 8.42 Å². The van der Waals surface area contributed by atoms with E-state index in [0.717, 1.165) is 6.42 Å². The molecule has 1 rings (SSSR count). The summed E-state index contributed by atoms with van der Waals surface area (Å²) in [4.78, 5) is 0.269. The Kier molecular flexibility index (Phi) is 5.98. The monoisotopic (exact) mass is 300 g/mol. The lowest BCUT2D eigenvalue weighted by Crippen LogP contribution is -2.26. The van der Waals surface area contributed by atoms with E-state index in [1.165, 1.54) is 7.05 Å². The summed E-state index contributed by atoms with van der Waals surface area (Å²) in [7, 11) is -0.360. The SMILES string of the molecule is CNS(=O)(=O)c1ccccc1NCC(C)(C)CCOC. The van der Waals surface area contributed by atoms with Crippen molar-refractivity contribution in [1.29, 1.82) is 0 Å². The highest BCUT2D eigenvalue weighted by molar-refractivity contribution is 7.89. The summed E-state index contributed by atoms with van der Waals surface area (Å²) in [5.74, 6) is 0. The van der Waals surface area contributed by atoms with E-state index < -0.39 is 10.0 Å². The van der Waals surface area contributed by atoms with E-state index in [1.54, 1.807) is 25.3 Å². The number of para-hydroxylation sites is 1. The van der Waals surface area contributed by atoms with Gasteiger partial charge in [-0.3, -0.25) is 0 Å². The molecule has 2 N–H and O–H groups in total. The van der Waals surface area contributed by atoms with Gasteiger partial charge in [-0.2, -0.15) is 0 Å². The maximum atomic E-state index is 11.9. The minimum atomic E-state index is -3.45. The Labute approximate surface area is 121 Å². The molecule has 0 amide bonds. The van der Waals surface area contributed by atoms with Gasteiger partial charge in [0, 0.05) is 20.3 Å². The fourth-order valence-corrected chi connectivity index (χ4v) is 2.67. The van der Waals surface area contributed by atoms with E-state index in [1.807, 2.05) is 6.07 Å². The highest BCUT2D eigenvalue weighted by Gasteiger charge is 2.20. The van der Waals surface area contributed by atoms with Crippen molar-refractivity contribution in [2.75, 3.05) is 32.6 Å². The fraction of sp³-hybridized carbons (Fsp3) is 0.571. The number of hydrogen-bond acceptors (Lipinski definition) is 4. The zero-order chi connectivity index (χ0) is 15.2. The van der Waals surface area contributed by atoms with Gasteiger partial charge in [0.25, 0.3) is 0 Å². The zero-order valence-electron chi connectivity index (χ0n) is 12.6. The van der Waals surface area contributed by atoms with Crippen LogP contribution in [-0.2, 0) is 14.8 Å². The Morgan fingerprint density at radius 1 is 1.25 bits per heavy atom. The Morgan fingerprint density at radius 3 is 2.50 bits per heavy atom. The maximum Gasteiger partial charge on any atom is 0.242 e. The van der Waals surface area contributed by atoms with Gasteiger partial charge in [0.05, 0.1) is 5.69 Å². The molecule has 0 saturated heterocycles. The normalized spacial score (nSPS) is 12.4. The summed E-state index contributed by atoms with van der Waals surface area (Å²) in [5, 5.41) is 3.23. The molecule has 1 aromatic rings. The molecule has 0 heterocycles. The minimum Gasteiger partial charge on any atom is -0.385 e. The molecule has 6 heteroatoms. The molecule has 0 aliphatic carbocycles. The van der Waals surface area contributed by atoms with Gasteiger partial charge in [-0.25, -0.2) is 13.1 Å². The number of hydrogen-bond donors (Lipinski definition) is 2. The molecule has 0 bridgehead atoms. The molecule has 114 valence electrons. The van der Waals surface area contributed by atoms with Crippen LogP contribution in [0.15, 0.2) is 29.2 Å². The third-order valence-electron chi connectivity index (χ3n) is 3.19. The number of sulfonamides is 1. The molecule has 20 heavy (non-hydrogen) atoms. The third kappa shape index (κ3) is 4.77. The summed E-state index contributed by atoms with van der Waals surface area (Å²) >= 11 is 0. The molecule has 0 unspecified atom stereocenters. The quantitative estimate of drug-likeness (QED) is 0.771. The summed E-state index contributed by atoms with van der Waals surface area (Å²) < 4.78 is 31.3. The standard InChI is InChI=1S/C14H24N2O3S/c1-14(2,9-10-19-4)11-16-12-7-5-6-8-13(12)20(17,18)15-3/h5-8,15-16H,9-11H2,1-4H3. The molecule has 0 aromatic heterocycles. The second kappa shape index (κ2) is 7.06. The first-order valence-corrected chi connectivity index (χ1v) is 8.06. The van der Waals surface area contributed by atoms with Crippen LogP contribution in [0.1, 0.15) is 20.3 Å². The van der Waals surface area contributed by atoms with Crippen molar-refractivity contribution in [2.24, 2.45) is 5.41 Å². The molecule has 0 spiro atoms. The minimum absolute atomic E-state index is 0.0204. The second-order valence-electron chi connectivity index (χ2n) is 5.46. The lowest BCUT2D eigenvalue weighted by molar-refractivity contribution is 0.157. The summed E-state index contributed by atoms with van der Waals surface area (Å²) in [6.45, 7) is 5.60. The van der Waals surface area contributed by atoms with Gasteiger partial charge in [-0.1, -0.05) is 26.0 Å². The van der Waals surface area contributed by atoms with Gasteiger partial charge in [0.15, 0.2) is 0 Å². The van der Waals surface area contributed by atoms with E-state index in [0.29, 0.717) is 18.8 Å². The molecular weight excluding hydrogens is 276 g/mol. The Bertz CT molecular complexity index is 527. The van der Waals surface area contributed by atoms with Crippen LogP contribution in [0.5, 0.6) is 0 Å². The van der Waals surface area contributed by atoms with Crippen molar-refractivity contribution < 1.29 is 13.2 Å². The van der Waals surface area contributed by atoms with Crippen LogP contribution in [0, 0.1) is 5.41 Å². The molecule has 0 fully saturated rings. The van der Waals surface area contributed by atoms with Crippen LogP contribution >= 0.6 is 0 Å². The van der Waals surface area contributed by atoms with Crippen LogP contribution in [-0.4, -0.2) is 35.7 Å². The van der Waals surface area contributed by atoms with Gasteiger partial charge < -0.3 is 10.1 Å². The highest BCUT2D eigenvalue weighted by Crippen LogP contribution is 2.25. The van der Waals surface area contributed by atoms with Crippen molar-refractivity contribution in [2.45, 2.75) is 25.2 Å². The van der Waals surface area contributed by atoms with Gasteiger partial charge in [-0.05, 0) is 31.0 Å². The van der Waals surface area contributed by atoms with Crippen molar-refractivity contribution in [3.8, 4) is 0 Å². The molecule has 1 aromatic carbocycles. The summed E-state index contributed by atoms with van der Waals surface area (Å²) in [6, 6.07) is 6.90. The largest absolute Gasteiger partial charge is 0.385 e. The highest BCUT2D eigenvalue weighted by atomic mass is 32.2. The van der Waals surface area contributed by atoms with Crippen molar-refractivity contribution in [3.63, 3.8) is 0 Å². The Morgan fingerprint density at radius 2 is 1.90 bits per heavy atom. The van der Waals surface area contributed by atoms with Gasteiger partial charge in [0.1, 0.15) is 4.90 Å². The van der Waals surface area contributed by atoms with Crippen molar-refractivity contribution >= 4 is 15.7 Å². The predicted molar refractivity (Wildman–Crippen MR) is 81.5 cm³/mol. The number of ether oxygens (including phenoxy) is 1. The van der Waals surface area contributed by atoms with Gasteiger partial charge in [0.2, 0.25) is 10.0 Å². The first-order chi connectivity index (χ1) is 9.32. The second-order valence-corrected chi connectivity index (χ2v) is 7.32. The smallest absolute Gasteiger partial charge is 0.242 e. The van der Waals surface area contributed by atoms with Gasteiger partial charge >= 0.3 is 0 Å². The van der Waals surface area contributed by atoms with Crippen LogP contribution in [0.4, 0.5) is 5.69 Å². The summed E-state index contributed by atoms with van der Waals surface area (Å²) in [5.41, 5.74) is 0.638. The molecular formula is C14H24N2O3S. The number of methoxy groups -OCH3 is 1. The summed E-state index contributed by atoms with van der Waals surface area (Å²) in [6.07, 6.45) is 0.900. The first-order valence-electron chi connectivity index (χ1n) is 6.58. The maximum absolute atomic E-state index is 11.9. The molecule has 0 radical (unpaired) electrons. The van der Waals surface area contributed by atoms with E-state index >= 15 is 0 Å². The zero-order valence-corrected chi connectivity index (χ0v) is 13.4.